The lowest BCUT2D eigenvalue weighted by molar-refractivity contribution is -0.131. The van der Waals surface area contributed by atoms with Gasteiger partial charge in [-0.2, -0.15) is 10.2 Å². The van der Waals surface area contributed by atoms with Crippen LogP contribution in [0.1, 0.15) is 30.1 Å². The summed E-state index contributed by atoms with van der Waals surface area (Å²) in [4.78, 5) is 14.5. The van der Waals surface area contributed by atoms with Gasteiger partial charge in [0.05, 0.1) is 17.9 Å². The van der Waals surface area contributed by atoms with Gasteiger partial charge >= 0.3 is 0 Å². The Labute approximate surface area is 176 Å². The number of rotatable bonds is 6. The zero-order valence-electron chi connectivity index (χ0n) is 16.5. The lowest BCUT2D eigenvalue weighted by Crippen LogP contribution is -2.33. The summed E-state index contributed by atoms with van der Waals surface area (Å²) in [5, 5.41) is 15.2. The van der Waals surface area contributed by atoms with Crippen LogP contribution in [0.5, 0.6) is 0 Å². The largest absolute Gasteiger partial charge is 0.338 e. The van der Waals surface area contributed by atoms with Crippen LogP contribution in [-0.2, 0) is 17.9 Å². The highest BCUT2D eigenvalue weighted by molar-refractivity contribution is 5.85. The van der Waals surface area contributed by atoms with E-state index in [-0.39, 0.29) is 24.9 Å². The van der Waals surface area contributed by atoms with Crippen molar-refractivity contribution in [3.63, 3.8) is 0 Å². The molecule has 3 heterocycles. The molecule has 1 fully saturated rings. The van der Waals surface area contributed by atoms with Gasteiger partial charge in [0.1, 0.15) is 6.54 Å². The van der Waals surface area contributed by atoms with Crippen molar-refractivity contribution in [2.75, 3.05) is 20.1 Å². The van der Waals surface area contributed by atoms with E-state index in [2.05, 4.69) is 20.6 Å². The highest BCUT2D eigenvalue weighted by Gasteiger charge is 2.21. The van der Waals surface area contributed by atoms with E-state index in [9.17, 15) is 4.79 Å². The third-order valence-corrected chi connectivity index (χ3v) is 5.28. The molecule has 8 heteroatoms. The van der Waals surface area contributed by atoms with Crippen LogP contribution in [0.2, 0.25) is 0 Å². The first-order chi connectivity index (χ1) is 13.7. The van der Waals surface area contributed by atoms with Crippen LogP contribution >= 0.6 is 12.4 Å². The monoisotopic (exact) mass is 414 g/mol. The van der Waals surface area contributed by atoms with Gasteiger partial charge in [-0.05, 0) is 31.5 Å². The molecule has 0 bridgehead atoms. The Morgan fingerprint density at radius 1 is 1.28 bits per heavy atom. The van der Waals surface area contributed by atoms with E-state index in [1.165, 1.54) is 0 Å². The first kappa shape index (κ1) is 21.1. The van der Waals surface area contributed by atoms with Crippen molar-refractivity contribution in [2.45, 2.75) is 31.8 Å². The summed E-state index contributed by atoms with van der Waals surface area (Å²) >= 11 is 0. The molecule has 0 saturated carbocycles. The molecular weight excluding hydrogens is 388 g/mol. The van der Waals surface area contributed by atoms with Crippen LogP contribution in [0, 0.1) is 0 Å². The van der Waals surface area contributed by atoms with Crippen LogP contribution in [0.4, 0.5) is 0 Å². The Kier molecular flexibility index (Phi) is 7.06. The second-order valence-corrected chi connectivity index (χ2v) is 7.35. The van der Waals surface area contributed by atoms with E-state index in [0.29, 0.717) is 12.5 Å². The summed E-state index contributed by atoms with van der Waals surface area (Å²) in [6.07, 6.45) is 4.09. The zero-order chi connectivity index (χ0) is 19.3. The van der Waals surface area contributed by atoms with Crippen molar-refractivity contribution >= 4 is 18.3 Å². The van der Waals surface area contributed by atoms with Gasteiger partial charge in [-0.3, -0.25) is 14.6 Å². The van der Waals surface area contributed by atoms with Gasteiger partial charge in [0.25, 0.3) is 0 Å². The van der Waals surface area contributed by atoms with Gasteiger partial charge in [0.15, 0.2) is 0 Å². The number of benzene rings is 1. The minimum atomic E-state index is 0. The number of aromatic nitrogens is 4. The molecule has 7 nitrogen and oxygen atoms in total. The van der Waals surface area contributed by atoms with Crippen molar-refractivity contribution in [2.24, 2.45) is 0 Å². The van der Waals surface area contributed by atoms with Crippen LogP contribution in [0.3, 0.4) is 0 Å². The molecule has 1 aliphatic heterocycles. The van der Waals surface area contributed by atoms with Crippen LogP contribution in [-0.4, -0.2) is 50.9 Å². The fraction of sp³-hybridized carbons (Fsp3) is 0.381. The lowest BCUT2D eigenvalue weighted by Gasteiger charge is -2.24. The van der Waals surface area contributed by atoms with Crippen molar-refractivity contribution in [3.8, 4) is 11.3 Å². The summed E-state index contributed by atoms with van der Waals surface area (Å²) in [5.41, 5.74) is 3.99. The van der Waals surface area contributed by atoms with E-state index in [4.69, 9.17) is 0 Å². The van der Waals surface area contributed by atoms with E-state index in [1.54, 1.807) is 11.1 Å². The molecular formula is C21H27ClN6O. The normalized spacial score (nSPS) is 16.2. The fourth-order valence-electron chi connectivity index (χ4n) is 3.72. The number of piperidine rings is 1. The van der Waals surface area contributed by atoms with Crippen LogP contribution in [0.15, 0.2) is 48.7 Å². The first-order valence-electron chi connectivity index (χ1n) is 9.77. The molecule has 0 radical (unpaired) electrons. The van der Waals surface area contributed by atoms with Crippen molar-refractivity contribution < 1.29 is 4.79 Å². The fourth-order valence-corrected chi connectivity index (χ4v) is 3.72. The molecule has 0 spiro atoms. The molecule has 2 N–H and O–H groups in total. The molecule has 0 aliphatic carbocycles. The standard InChI is InChI=1S/C21H26N6O.ClH/c1-26(14-18-12-19(25-24-18)16-6-3-2-4-7-16)21(28)15-27-20(9-11-23-27)17-8-5-10-22-13-17;/h2-4,6-7,9,11-12,17,22H,5,8,10,13-15H2,1H3,(H,24,25);1H. The molecule has 1 amide bonds. The average Bonchev–Trinajstić information content (AvgIpc) is 3.39. The van der Waals surface area contributed by atoms with Gasteiger partial charge in [0.2, 0.25) is 5.91 Å². The van der Waals surface area contributed by atoms with E-state index < -0.39 is 0 Å². The van der Waals surface area contributed by atoms with Gasteiger partial charge < -0.3 is 10.2 Å². The Morgan fingerprint density at radius 3 is 2.86 bits per heavy atom. The maximum Gasteiger partial charge on any atom is 0.244 e. The van der Waals surface area contributed by atoms with Gasteiger partial charge in [-0.15, -0.1) is 12.4 Å². The number of hydrogen-bond acceptors (Lipinski definition) is 4. The molecule has 29 heavy (non-hydrogen) atoms. The summed E-state index contributed by atoms with van der Waals surface area (Å²) in [5.74, 6) is 0.458. The molecule has 154 valence electrons. The minimum Gasteiger partial charge on any atom is -0.338 e. The van der Waals surface area contributed by atoms with Gasteiger partial charge in [0, 0.05) is 37.0 Å². The van der Waals surface area contributed by atoms with Crippen molar-refractivity contribution in [1.82, 2.24) is 30.2 Å². The number of amides is 1. The molecule has 2 aromatic heterocycles. The van der Waals surface area contributed by atoms with Crippen LogP contribution < -0.4 is 5.32 Å². The molecule has 1 unspecified atom stereocenters. The second kappa shape index (κ2) is 9.71. The quantitative estimate of drug-likeness (QED) is 0.650. The lowest BCUT2D eigenvalue weighted by atomic mass is 9.96. The van der Waals surface area contributed by atoms with Gasteiger partial charge in [-0.25, -0.2) is 0 Å². The summed E-state index contributed by atoms with van der Waals surface area (Å²) in [6, 6.07) is 14.0. The SMILES string of the molecule is CN(Cc1cc(-c2ccccc2)n[nH]1)C(=O)Cn1nccc1C1CCCNC1.Cl. The molecule has 1 saturated heterocycles. The first-order valence-corrected chi connectivity index (χ1v) is 9.77. The Hall–Kier alpha value is -2.64. The number of hydrogen-bond donors (Lipinski definition) is 2. The van der Waals surface area contributed by atoms with E-state index >= 15 is 0 Å². The molecule has 3 aromatic rings. The second-order valence-electron chi connectivity index (χ2n) is 7.35. The zero-order valence-corrected chi connectivity index (χ0v) is 17.4. The highest BCUT2D eigenvalue weighted by Crippen LogP contribution is 2.23. The Morgan fingerprint density at radius 2 is 2.10 bits per heavy atom. The number of aromatic amines is 1. The third kappa shape index (κ3) is 5.05. The minimum absolute atomic E-state index is 0. The molecule has 1 atom stereocenters. The summed E-state index contributed by atoms with van der Waals surface area (Å²) in [6.45, 7) is 2.77. The van der Waals surface area contributed by atoms with Gasteiger partial charge in [-0.1, -0.05) is 30.3 Å². The summed E-state index contributed by atoms with van der Waals surface area (Å²) in [7, 11) is 1.82. The van der Waals surface area contributed by atoms with Crippen LogP contribution in [0.25, 0.3) is 11.3 Å². The topological polar surface area (TPSA) is 78.8 Å². The predicted molar refractivity (Wildman–Crippen MR) is 115 cm³/mol. The number of H-pyrrole nitrogens is 1. The highest BCUT2D eigenvalue weighted by atomic mass is 35.5. The third-order valence-electron chi connectivity index (χ3n) is 5.28. The maximum absolute atomic E-state index is 12.7. The average molecular weight is 415 g/mol. The number of carbonyl (C=O) groups excluding carboxylic acids is 1. The number of halogens is 1. The van der Waals surface area contributed by atoms with E-state index in [0.717, 1.165) is 48.6 Å². The number of carbonyl (C=O) groups is 1. The van der Waals surface area contributed by atoms with Crippen molar-refractivity contribution in [1.29, 1.82) is 0 Å². The molecule has 1 aromatic carbocycles. The van der Waals surface area contributed by atoms with E-state index in [1.807, 2.05) is 54.2 Å². The molecule has 1 aliphatic rings. The molecule has 4 rings (SSSR count). The number of nitrogens with zero attached hydrogens (tertiary/aromatic N) is 4. The number of nitrogens with one attached hydrogen (secondary N) is 2. The maximum atomic E-state index is 12.7. The number of likely N-dealkylation sites (N-methyl/N-ethyl adjacent to an activating group) is 1. The Balaban J connectivity index is 0.00000240. The Bertz CT molecular complexity index is 916. The van der Waals surface area contributed by atoms with Crippen molar-refractivity contribution in [3.05, 3.63) is 60.0 Å². The predicted octanol–water partition coefficient (Wildman–Crippen LogP) is 2.82. The smallest absolute Gasteiger partial charge is 0.244 e. The summed E-state index contributed by atoms with van der Waals surface area (Å²) < 4.78 is 1.85.